The van der Waals surface area contributed by atoms with E-state index in [9.17, 15) is 0 Å². The second-order valence-electron chi connectivity index (χ2n) is 5.85. The summed E-state index contributed by atoms with van der Waals surface area (Å²) in [4.78, 5) is 2.56. The van der Waals surface area contributed by atoms with Crippen molar-refractivity contribution in [3.8, 4) is 0 Å². The number of nitrogens with zero attached hydrogens (tertiary/aromatic N) is 1. The van der Waals surface area contributed by atoms with Crippen LogP contribution in [0.3, 0.4) is 0 Å². The van der Waals surface area contributed by atoms with Gasteiger partial charge < -0.3 is 15.2 Å². The van der Waals surface area contributed by atoms with E-state index in [4.69, 9.17) is 9.84 Å². The number of morpholine rings is 1. The second kappa shape index (κ2) is 7.43. The Balaban J connectivity index is 1.85. The standard InChI is InChI=1S/C14H28N2O2/c17-9-6-15-12-14(4-2-1-3-5-14)13-16-7-10-18-11-8-16/h15,17H,1-13H2. The summed E-state index contributed by atoms with van der Waals surface area (Å²) in [5.74, 6) is 0. The molecule has 0 atom stereocenters. The molecule has 18 heavy (non-hydrogen) atoms. The quantitative estimate of drug-likeness (QED) is 0.692. The van der Waals surface area contributed by atoms with Crippen molar-refractivity contribution >= 4 is 0 Å². The maximum absolute atomic E-state index is 8.91. The number of hydrogen-bond acceptors (Lipinski definition) is 4. The summed E-state index contributed by atoms with van der Waals surface area (Å²) in [5, 5.41) is 12.3. The van der Waals surface area contributed by atoms with Crippen molar-refractivity contribution in [1.82, 2.24) is 10.2 Å². The SMILES string of the molecule is OCCNCC1(CN2CCOCC2)CCCCC1. The molecule has 1 heterocycles. The van der Waals surface area contributed by atoms with E-state index in [-0.39, 0.29) is 6.61 Å². The summed E-state index contributed by atoms with van der Waals surface area (Å²) >= 11 is 0. The molecule has 0 radical (unpaired) electrons. The molecule has 0 aromatic heterocycles. The zero-order valence-corrected chi connectivity index (χ0v) is 11.5. The average Bonchev–Trinajstić information content (AvgIpc) is 2.41. The molecule has 2 rings (SSSR count). The maximum atomic E-state index is 8.91. The van der Waals surface area contributed by atoms with Crippen molar-refractivity contribution in [3.05, 3.63) is 0 Å². The number of aliphatic hydroxyl groups excluding tert-OH is 1. The Morgan fingerprint density at radius 2 is 1.83 bits per heavy atom. The molecule has 0 aromatic carbocycles. The zero-order valence-electron chi connectivity index (χ0n) is 11.5. The molecule has 0 unspecified atom stereocenters. The van der Waals surface area contributed by atoms with Crippen molar-refractivity contribution < 1.29 is 9.84 Å². The van der Waals surface area contributed by atoms with E-state index in [0.29, 0.717) is 5.41 Å². The molecule has 4 heteroatoms. The van der Waals surface area contributed by atoms with E-state index in [1.54, 1.807) is 0 Å². The summed E-state index contributed by atoms with van der Waals surface area (Å²) < 4.78 is 5.43. The number of aliphatic hydroxyl groups is 1. The molecule has 1 aliphatic carbocycles. The molecule has 4 nitrogen and oxygen atoms in total. The van der Waals surface area contributed by atoms with Gasteiger partial charge in [0.2, 0.25) is 0 Å². The minimum atomic E-state index is 0.244. The van der Waals surface area contributed by atoms with Crippen LogP contribution >= 0.6 is 0 Å². The summed E-state index contributed by atoms with van der Waals surface area (Å²) in [7, 11) is 0. The highest BCUT2D eigenvalue weighted by atomic mass is 16.5. The zero-order chi connectivity index (χ0) is 12.7. The minimum Gasteiger partial charge on any atom is -0.395 e. The van der Waals surface area contributed by atoms with Crippen LogP contribution in [0.5, 0.6) is 0 Å². The van der Waals surface area contributed by atoms with Crippen LogP contribution in [-0.4, -0.2) is 62.6 Å². The molecular formula is C14H28N2O2. The Hall–Kier alpha value is -0.160. The number of hydrogen-bond donors (Lipinski definition) is 2. The molecule has 0 aromatic rings. The minimum absolute atomic E-state index is 0.244. The third kappa shape index (κ3) is 4.19. The van der Waals surface area contributed by atoms with E-state index in [1.807, 2.05) is 0 Å². The van der Waals surface area contributed by atoms with Crippen LogP contribution in [0.4, 0.5) is 0 Å². The lowest BCUT2D eigenvalue weighted by atomic mass is 9.73. The topological polar surface area (TPSA) is 44.7 Å². The lowest BCUT2D eigenvalue weighted by Crippen LogP contribution is -2.48. The highest BCUT2D eigenvalue weighted by Gasteiger charge is 2.33. The average molecular weight is 256 g/mol. The third-order valence-corrected chi connectivity index (χ3v) is 4.37. The van der Waals surface area contributed by atoms with Gasteiger partial charge in [0.1, 0.15) is 0 Å². The molecule has 0 amide bonds. The van der Waals surface area contributed by atoms with Crippen LogP contribution < -0.4 is 5.32 Å². The van der Waals surface area contributed by atoms with Gasteiger partial charge in [-0.25, -0.2) is 0 Å². The molecule has 1 aliphatic heterocycles. The normalized spacial score (nSPS) is 25.2. The van der Waals surface area contributed by atoms with Gasteiger partial charge in [-0.05, 0) is 18.3 Å². The molecule has 106 valence electrons. The van der Waals surface area contributed by atoms with Crippen LogP contribution in [0.25, 0.3) is 0 Å². The lowest BCUT2D eigenvalue weighted by Gasteiger charge is -2.42. The van der Waals surface area contributed by atoms with E-state index in [0.717, 1.165) is 39.4 Å². The summed E-state index contributed by atoms with van der Waals surface area (Å²) in [5.41, 5.74) is 0.435. The molecule has 0 spiro atoms. The van der Waals surface area contributed by atoms with Crippen LogP contribution in [0.1, 0.15) is 32.1 Å². The first-order valence-electron chi connectivity index (χ1n) is 7.46. The predicted molar refractivity (Wildman–Crippen MR) is 72.7 cm³/mol. The van der Waals surface area contributed by atoms with E-state index in [2.05, 4.69) is 10.2 Å². The highest BCUT2D eigenvalue weighted by Crippen LogP contribution is 2.36. The van der Waals surface area contributed by atoms with E-state index < -0.39 is 0 Å². The fraction of sp³-hybridized carbons (Fsp3) is 1.00. The molecule has 1 saturated heterocycles. The lowest BCUT2D eigenvalue weighted by molar-refractivity contribution is 0.00706. The fourth-order valence-corrected chi connectivity index (χ4v) is 3.36. The van der Waals surface area contributed by atoms with Crippen molar-refractivity contribution in [2.24, 2.45) is 5.41 Å². The smallest absolute Gasteiger partial charge is 0.0594 e. The molecule has 0 bridgehead atoms. The van der Waals surface area contributed by atoms with Crippen molar-refractivity contribution in [1.29, 1.82) is 0 Å². The molecular weight excluding hydrogens is 228 g/mol. The van der Waals surface area contributed by atoms with Crippen LogP contribution in [0, 0.1) is 5.41 Å². The molecule has 2 aliphatic rings. The van der Waals surface area contributed by atoms with Gasteiger partial charge in [0.25, 0.3) is 0 Å². The summed E-state index contributed by atoms with van der Waals surface area (Å²) in [6.45, 7) is 7.18. The van der Waals surface area contributed by atoms with Gasteiger partial charge in [0.15, 0.2) is 0 Å². The first-order chi connectivity index (χ1) is 8.85. The Kier molecular flexibility index (Phi) is 5.89. The molecule has 2 N–H and O–H groups in total. The summed E-state index contributed by atoms with van der Waals surface area (Å²) in [6.07, 6.45) is 6.80. The second-order valence-corrected chi connectivity index (χ2v) is 5.85. The van der Waals surface area contributed by atoms with E-state index in [1.165, 1.54) is 38.6 Å². The fourth-order valence-electron chi connectivity index (χ4n) is 3.36. The Morgan fingerprint density at radius 1 is 1.11 bits per heavy atom. The van der Waals surface area contributed by atoms with Gasteiger partial charge >= 0.3 is 0 Å². The number of ether oxygens (including phenoxy) is 1. The Bertz CT molecular complexity index is 224. The van der Waals surface area contributed by atoms with Crippen LogP contribution in [-0.2, 0) is 4.74 Å². The Morgan fingerprint density at radius 3 is 2.50 bits per heavy atom. The summed E-state index contributed by atoms with van der Waals surface area (Å²) in [6, 6.07) is 0. The van der Waals surface area contributed by atoms with Gasteiger partial charge in [-0.2, -0.15) is 0 Å². The molecule has 2 fully saturated rings. The van der Waals surface area contributed by atoms with Crippen molar-refractivity contribution in [2.75, 3.05) is 52.5 Å². The van der Waals surface area contributed by atoms with Crippen molar-refractivity contribution in [2.45, 2.75) is 32.1 Å². The molecule has 1 saturated carbocycles. The van der Waals surface area contributed by atoms with Gasteiger partial charge in [-0.3, -0.25) is 4.90 Å². The first-order valence-corrected chi connectivity index (χ1v) is 7.46. The van der Waals surface area contributed by atoms with Crippen molar-refractivity contribution in [3.63, 3.8) is 0 Å². The Labute approximate surface area is 111 Å². The predicted octanol–water partition coefficient (Wildman–Crippen LogP) is 0.851. The third-order valence-electron chi connectivity index (χ3n) is 4.37. The van der Waals surface area contributed by atoms with Gasteiger partial charge in [0.05, 0.1) is 19.8 Å². The van der Waals surface area contributed by atoms with E-state index >= 15 is 0 Å². The van der Waals surface area contributed by atoms with Crippen LogP contribution in [0.15, 0.2) is 0 Å². The number of nitrogens with one attached hydrogen (secondary N) is 1. The van der Waals surface area contributed by atoms with Gasteiger partial charge in [-0.15, -0.1) is 0 Å². The maximum Gasteiger partial charge on any atom is 0.0594 e. The van der Waals surface area contributed by atoms with Crippen LogP contribution in [0.2, 0.25) is 0 Å². The monoisotopic (exact) mass is 256 g/mol. The largest absolute Gasteiger partial charge is 0.395 e. The highest BCUT2D eigenvalue weighted by molar-refractivity contribution is 4.88. The van der Waals surface area contributed by atoms with Gasteiger partial charge in [0, 0.05) is 32.7 Å². The number of rotatable bonds is 6. The van der Waals surface area contributed by atoms with Gasteiger partial charge in [-0.1, -0.05) is 19.3 Å². The first kappa shape index (κ1) is 14.3.